The van der Waals surface area contributed by atoms with Gasteiger partial charge in [-0.3, -0.25) is 0 Å². The maximum atomic E-state index is 13.5. The van der Waals surface area contributed by atoms with Crippen molar-refractivity contribution in [3.8, 4) is 0 Å². The van der Waals surface area contributed by atoms with Gasteiger partial charge in [0.15, 0.2) is 0 Å². The number of hydrogen-bond acceptors (Lipinski definition) is 3. The van der Waals surface area contributed by atoms with Gasteiger partial charge in [0.2, 0.25) is 0 Å². The molecule has 1 aliphatic heterocycles. The van der Waals surface area contributed by atoms with Crippen LogP contribution in [0.15, 0.2) is 48.7 Å². The number of benzene rings is 2. The molecule has 0 radical (unpaired) electrons. The van der Waals surface area contributed by atoms with Crippen LogP contribution in [0.5, 0.6) is 0 Å². The normalized spacial score (nSPS) is 16.3. The predicted octanol–water partition coefficient (Wildman–Crippen LogP) is 5.73. The van der Waals surface area contributed by atoms with E-state index >= 15 is 0 Å². The standard InChI is InChI=1S/C23H24FN3S/c24-18-7-8-21-20(14-18)17(15-25-21)4-3-11-27-12-9-16(10-13-27)23-19-5-1-2-6-22(19)28-26-23/h1-2,5-8,14-16,25H,3-4,9-13H2. The summed E-state index contributed by atoms with van der Waals surface area (Å²) >= 11 is 1.63. The molecule has 0 spiro atoms. The van der Waals surface area contributed by atoms with Gasteiger partial charge in [0, 0.05) is 28.4 Å². The first-order valence-electron chi connectivity index (χ1n) is 10.1. The maximum absolute atomic E-state index is 13.5. The third-order valence-electron chi connectivity index (χ3n) is 6.03. The van der Waals surface area contributed by atoms with Crippen LogP contribution < -0.4 is 0 Å². The molecule has 5 heteroatoms. The van der Waals surface area contributed by atoms with E-state index < -0.39 is 0 Å². The Bertz CT molecular complexity index is 1090. The molecule has 1 saturated heterocycles. The van der Waals surface area contributed by atoms with Crippen LogP contribution in [0.2, 0.25) is 0 Å². The van der Waals surface area contributed by atoms with E-state index in [1.807, 2.05) is 12.3 Å². The minimum absolute atomic E-state index is 0.162. The van der Waals surface area contributed by atoms with E-state index in [1.165, 1.54) is 40.3 Å². The summed E-state index contributed by atoms with van der Waals surface area (Å²) in [5.74, 6) is 0.425. The predicted molar refractivity (Wildman–Crippen MR) is 115 cm³/mol. The molecule has 2 aromatic carbocycles. The van der Waals surface area contributed by atoms with Gasteiger partial charge in [-0.15, -0.1) is 0 Å². The number of aryl methyl sites for hydroxylation is 1. The lowest BCUT2D eigenvalue weighted by atomic mass is 9.91. The molecule has 3 nitrogen and oxygen atoms in total. The molecule has 0 aliphatic carbocycles. The quantitative estimate of drug-likeness (QED) is 0.470. The zero-order chi connectivity index (χ0) is 18.9. The third-order valence-corrected chi connectivity index (χ3v) is 6.87. The van der Waals surface area contributed by atoms with Crippen LogP contribution in [0.25, 0.3) is 21.0 Å². The van der Waals surface area contributed by atoms with Crippen molar-refractivity contribution in [1.29, 1.82) is 0 Å². The van der Waals surface area contributed by atoms with Gasteiger partial charge in [0.1, 0.15) is 5.82 Å². The second kappa shape index (κ2) is 7.64. The number of halogens is 1. The Hall–Kier alpha value is -2.24. The summed E-state index contributed by atoms with van der Waals surface area (Å²) in [7, 11) is 0. The molecule has 28 heavy (non-hydrogen) atoms. The summed E-state index contributed by atoms with van der Waals surface area (Å²) < 4.78 is 19.6. The van der Waals surface area contributed by atoms with Crippen molar-refractivity contribution in [2.24, 2.45) is 0 Å². The molecule has 1 N–H and O–H groups in total. The molecule has 1 aliphatic rings. The average molecular weight is 394 g/mol. The molecule has 0 unspecified atom stereocenters. The Morgan fingerprint density at radius 3 is 2.86 bits per heavy atom. The van der Waals surface area contributed by atoms with Crippen molar-refractivity contribution >= 4 is 32.5 Å². The van der Waals surface area contributed by atoms with E-state index in [0.717, 1.165) is 43.4 Å². The van der Waals surface area contributed by atoms with E-state index in [0.29, 0.717) is 5.92 Å². The van der Waals surface area contributed by atoms with E-state index in [-0.39, 0.29) is 5.82 Å². The van der Waals surface area contributed by atoms with Crippen LogP contribution in [0.1, 0.15) is 36.4 Å². The molecule has 0 amide bonds. The highest BCUT2D eigenvalue weighted by molar-refractivity contribution is 7.13. The number of H-pyrrole nitrogens is 1. The Kier molecular flexibility index (Phi) is 4.87. The average Bonchev–Trinajstić information content (AvgIpc) is 3.33. The van der Waals surface area contributed by atoms with Gasteiger partial charge in [-0.2, -0.15) is 4.37 Å². The fraction of sp³-hybridized carbons (Fsp3) is 0.348. The van der Waals surface area contributed by atoms with Crippen molar-refractivity contribution < 1.29 is 4.39 Å². The number of piperidine rings is 1. The van der Waals surface area contributed by atoms with Crippen LogP contribution in [0.4, 0.5) is 4.39 Å². The Morgan fingerprint density at radius 1 is 1.11 bits per heavy atom. The highest BCUT2D eigenvalue weighted by Gasteiger charge is 2.23. The zero-order valence-corrected chi connectivity index (χ0v) is 16.6. The van der Waals surface area contributed by atoms with Gasteiger partial charge in [-0.05, 0) is 86.7 Å². The second-order valence-electron chi connectivity index (χ2n) is 7.79. The fourth-order valence-electron chi connectivity index (χ4n) is 4.48. The van der Waals surface area contributed by atoms with Crippen molar-refractivity contribution in [3.63, 3.8) is 0 Å². The van der Waals surface area contributed by atoms with Gasteiger partial charge < -0.3 is 9.88 Å². The summed E-state index contributed by atoms with van der Waals surface area (Å²) in [6.07, 6.45) is 6.50. The van der Waals surface area contributed by atoms with Crippen molar-refractivity contribution in [2.45, 2.75) is 31.6 Å². The van der Waals surface area contributed by atoms with Crippen molar-refractivity contribution in [3.05, 3.63) is 65.7 Å². The van der Waals surface area contributed by atoms with Crippen molar-refractivity contribution in [1.82, 2.24) is 14.3 Å². The molecule has 2 aromatic heterocycles. The lowest BCUT2D eigenvalue weighted by molar-refractivity contribution is 0.210. The zero-order valence-electron chi connectivity index (χ0n) is 15.8. The molecule has 0 atom stereocenters. The first kappa shape index (κ1) is 17.8. The fourth-order valence-corrected chi connectivity index (χ4v) is 5.33. The SMILES string of the molecule is Fc1ccc2[nH]cc(CCCN3CCC(c4nsc5ccccc45)CC3)c2c1. The molecule has 144 valence electrons. The Balaban J connectivity index is 1.16. The highest BCUT2D eigenvalue weighted by Crippen LogP contribution is 2.34. The van der Waals surface area contributed by atoms with Gasteiger partial charge >= 0.3 is 0 Å². The number of nitrogens with one attached hydrogen (secondary N) is 1. The molecule has 1 fully saturated rings. The highest BCUT2D eigenvalue weighted by atomic mass is 32.1. The minimum atomic E-state index is -0.162. The molecule has 5 rings (SSSR count). The van der Waals surface area contributed by atoms with E-state index in [1.54, 1.807) is 17.6 Å². The summed E-state index contributed by atoms with van der Waals surface area (Å²) in [5, 5.41) is 2.37. The number of likely N-dealkylation sites (tertiary alicyclic amines) is 1. The molecule has 0 bridgehead atoms. The topological polar surface area (TPSA) is 31.9 Å². The molecular formula is C23H24FN3S. The summed E-state index contributed by atoms with van der Waals surface area (Å²) in [6.45, 7) is 3.38. The van der Waals surface area contributed by atoms with E-state index in [2.05, 4.69) is 34.1 Å². The maximum Gasteiger partial charge on any atom is 0.123 e. The largest absolute Gasteiger partial charge is 0.361 e. The molecule has 0 saturated carbocycles. The van der Waals surface area contributed by atoms with Crippen LogP contribution in [0.3, 0.4) is 0 Å². The lowest BCUT2D eigenvalue weighted by Gasteiger charge is -2.31. The van der Waals surface area contributed by atoms with E-state index in [4.69, 9.17) is 4.37 Å². The number of aromatic amines is 1. The van der Waals surface area contributed by atoms with Crippen molar-refractivity contribution in [2.75, 3.05) is 19.6 Å². The van der Waals surface area contributed by atoms with Crippen LogP contribution >= 0.6 is 11.5 Å². The third kappa shape index (κ3) is 3.45. The number of rotatable bonds is 5. The summed E-state index contributed by atoms with van der Waals surface area (Å²) in [4.78, 5) is 5.82. The van der Waals surface area contributed by atoms with Gasteiger partial charge in [0.05, 0.1) is 10.4 Å². The van der Waals surface area contributed by atoms with Gasteiger partial charge in [0.25, 0.3) is 0 Å². The number of fused-ring (bicyclic) bond motifs is 2. The summed E-state index contributed by atoms with van der Waals surface area (Å²) in [6, 6.07) is 13.6. The van der Waals surface area contributed by atoms with Crippen LogP contribution in [-0.2, 0) is 6.42 Å². The first-order valence-corrected chi connectivity index (χ1v) is 10.9. The Morgan fingerprint density at radius 2 is 1.96 bits per heavy atom. The molecule has 3 heterocycles. The monoisotopic (exact) mass is 393 g/mol. The molecule has 4 aromatic rings. The lowest BCUT2D eigenvalue weighted by Crippen LogP contribution is -2.34. The van der Waals surface area contributed by atoms with Crippen LogP contribution in [0, 0.1) is 5.82 Å². The van der Waals surface area contributed by atoms with Gasteiger partial charge in [-0.1, -0.05) is 18.2 Å². The summed E-state index contributed by atoms with van der Waals surface area (Å²) in [5.41, 5.74) is 3.55. The van der Waals surface area contributed by atoms with Gasteiger partial charge in [-0.25, -0.2) is 4.39 Å². The van der Waals surface area contributed by atoms with E-state index in [9.17, 15) is 4.39 Å². The van der Waals surface area contributed by atoms with Crippen LogP contribution in [-0.4, -0.2) is 33.9 Å². The first-order chi connectivity index (χ1) is 13.8. The number of hydrogen-bond donors (Lipinski definition) is 1. The molecular weight excluding hydrogens is 369 g/mol. The number of aromatic nitrogens is 2. The second-order valence-corrected chi connectivity index (χ2v) is 8.59. The Labute approximate surface area is 168 Å². The minimum Gasteiger partial charge on any atom is -0.361 e. The smallest absolute Gasteiger partial charge is 0.123 e. The number of nitrogens with zero attached hydrogens (tertiary/aromatic N) is 2.